The van der Waals surface area contributed by atoms with Gasteiger partial charge in [0, 0.05) is 19.3 Å². The van der Waals surface area contributed by atoms with Gasteiger partial charge in [0.05, 0.1) is 0 Å². The summed E-state index contributed by atoms with van der Waals surface area (Å²) < 4.78 is 16.8. The lowest BCUT2D eigenvalue weighted by atomic mass is 10.0. The van der Waals surface area contributed by atoms with E-state index in [4.69, 9.17) is 14.2 Å². The fourth-order valence-corrected chi connectivity index (χ4v) is 7.50. The highest BCUT2D eigenvalue weighted by molar-refractivity contribution is 5.71. The highest BCUT2D eigenvalue weighted by Crippen LogP contribution is 2.15. The summed E-state index contributed by atoms with van der Waals surface area (Å²) in [5.41, 5.74) is 0. The molecule has 0 saturated carbocycles. The van der Waals surface area contributed by atoms with Crippen molar-refractivity contribution in [3.63, 3.8) is 0 Å². The van der Waals surface area contributed by atoms with E-state index in [0.29, 0.717) is 19.3 Å². The van der Waals surface area contributed by atoms with Crippen molar-refractivity contribution < 1.29 is 28.6 Å². The number of esters is 3. The van der Waals surface area contributed by atoms with Crippen LogP contribution in [0.25, 0.3) is 0 Å². The Morgan fingerprint density at radius 1 is 0.323 bits per heavy atom. The SMILES string of the molecule is CCCCC/C=C\C/C=C\C/C=C\CCCCCCC(=O)OC[C@H](COC(=O)CCCCCCCCC/C=C\CCCCCC)OC(=O)CCCCCCCCCCCCCC. The number of hydrogen-bond acceptors (Lipinski definition) is 6. The predicted molar refractivity (Wildman–Crippen MR) is 265 cm³/mol. The first kappa shape index (κ1) is 59.4. The van der Waals surface area contributed by atoms with Gasteiger partial charge in [0.2, 0.25) is 0 Å². The Bertz CT molecular complexity index is 1090. The van der Waals surface area contributed by atoms with Crippen LogP contribution in [0.3, 0.4) is 0 Å². The van der Waals surface area contributed by atoms with Gasteiger partial charge in [0.15, 0.2) is 6.10 Å². The van der Waals surface area contributed by atoms with Crippen molar-refractivity contribution in [3.05, 3.63) is 48.6 Å². The van der Waals surface area contributed by atoms with Gasteiger partial charge in [-0.3, -0.25) is 14.4 Å². The Hall–Kier alpha value is -2.63. The third-order valence-electron chi connectivity index (χ3n) is 11.6. The van der Waals surface area contributed by atoms with Gasteiger partial charge in [-0.25, -0.2) is 0 Å². The maximum absolute atomic E-state index is 12.8. The van der Waals surface area contributed by atoms with E-state index < -0.39 is 6.10 Å². The van der Waals surface area contributed by atoms with E-state index >= 15 is 0 Å². The largest absolute Gasteiger partial charge is 0.462 e. The van der Waals surface area contributed by atoms with Crippen LogP contribution in [-0.2, 0) is 28.6 Å². The number of rotatable bonds is 48. The molecule has 0 rings (SSSR count). The number of carbonyl (C=O) groups is 3. The molecule has 0 heterocycles. The molecule has 6 heteroatoms. The average Bonchev–Trinajstić information content (AvgIpc) is 3.27. The van der Waals surface area contributed by atoms with Crippen LogP contribution in [0.4, 0.5) is 0 Å². The van der Waals surface area contributed by atoms with E-state index in [9.17, 15) is 14.4 Å². The van der Waals surface area contributed by atoms with Crippen molar-refractivity contribution in [2.75, 3.05) is 13.2 Å². The molecular weight excluding hydrogens is 769 g/mol. The lowest BCUT2D eigenvalue weighted by Gasteiger charge is -2.18. The van der Waals surface area contributed by atoms with Gasteiger partial charge in [-0.1, -0.05) is 217 Å². The first-order valence-electron chi connectivity index (χ1n) is 26.6. The van der Waals surface area contributed by atoms with Gasteiger partial charge in [-0.15, -0.1) is 0 Å². The molecule has 0 radical (unpaired) electrons. The first-order chi connectivity index (χ1) is 30.5. The van der Waals surface area contributed by atoms with E-state index in [1.54, 1.807) is 0 Å². The first-order valence-corrected chi connectivity index (χ1v) is 26.6. The van der Waals surface area contributed by atoms with Crippen molar-refractivity contribution in [3.8, 4) is 0 Å². The zero-order chi connectivity index (χ0) is 45.1. The second-order valence-corrected chi connectivity index (χ2v) is 17.8. The van der Waals surface area contributed by atoms with Crippen LogP contribution in [0.1, 0.15) is 271 Å². The summed E-state index contributed by atoms with van der Waals surface area (Å²) >= 11 is 0. The molecule has 0 aliphatic heterocycles. The van der Waals surface area contributed by atoms with Crippen molar-refractivity contribution >= 4 is 17.9 Å². The van der Waals surface area contributed by atoms with Gasteiger partial charge in [0.25, 0.3) is 0 Å². The number of carbonyl (C=O) groups excluding carboxylic acids is 3. The molecule has 0 spiro atoms. The van der Waals surface area contributed by atoms with Crippen molar-refractivity contribution in [1.29, 1.82) is 0 Å². The molecule has 62 heavy (non-hydrogen) atoms. The van der Waals surface area contributed by atoms with Gasteiger partial charge >= 0.3 is 17.9 Å². The molecule has 0 unspecified atom stereocenters. The summed E-state index contributed by atoms with van der Waals surface area (Å²) in [6, 6.07) is 0. The molecule has 0 aromatic rings. The Morgan fingerprint density at radius 3 is 0.968 bits per heavy atom. The lowest BCUT2D eigenvalue weighted by molar-refractivity contribution is -0.167. The fraction of sp³-hybridized carbons (Fsp3) is 0.804. The zero-order valence-electron chi connectivity index (χ0n) is 41.1. The summed E-state index contributed by atoms with van der Waals surface area (Å²) in [5, 5.41) is 0. The van der Waals surface area contributed by atoms with Crippen molar-refractivity contribution in [2.45, 2.75) is 277 Å². The van der Waals surface area contributed by atoms with Gasteiger partial charge in [-0.05, 0) is 83.5 Å². The van der Waals surface area contributed by atoms with Gasteiger partial charge < -0.3 is 14.2 Å². The molecule has 0 aliphatic carbocycles. The molecule has 0 aromatic heterocycles. The summed E-state index contributed by atoms with van der Waals surface area (Å²) in [7, 11) is 0. The highest BCUT2D eigenvalue weighted by Gasteiger charge is 2.19. The van der Waals surface area contributed by atoms with Gasteiger partial charge in [-0.2, -0.15) is 0 Å². The summed E-state index contributed by atoms with van der Waals surface area (Å²) in [4.78, 5) is 38.0. The maximum Gasteiger partial charge on any atom is 0.306 e. The summed E-state index contributed by atoms with van der Waals surface area (Å²) in [6.07, 6.45) is 60.9. The second kappa shape index (κ2) is 51.0. The third kappa shape index (κ3) is 48.4. The molecule has 0 aromatic carbocycles. The van der Waals surface area contributed by atoms with E-state index in [1.165, 1.54) is 148 Å². The average molecular weight is 869 g/mol. The quantitative estimate of drug-likeness (QED) is 0.0262. The second-order valence-electron chi connectivity index (χ2n) is 17.8. The summed E-state index contributed by atoms with van der Waals surface area (Å²) in [6.45, 7) is 6.59. The minimum atomic E-state index is -0.780. The molecule has 6 nitrogen and oxygen atoms in total. The third-order valence-corrected chi connectivity index (χ3v) is 11.6. The molecule has 0 saturated heterocycles. The molecule has 0 bridgehead atoms. The number of unbranched alkanes of at least 4 members (excludes halogenated alkanes) is 29. The monoisotopic (exact) mass is 869 g/mol. The Balaban J connectivity index is 4.39. The van der Waals surface area contributed by atoms with Crippen LogP contribution in [0, 0.1) is 0 Å². The van der Waals surface area contributed by atoms with Crippen LogP contribution >= 0.6 is 0 Å². The smallest absolute Gasteiger partial charge is 0.306 e. The van der Waals surface area contributed by atoms with E-state index in [2.05, 4.69) is 69.4 Å². The molecule has 1 atom stereocenters. The fourth-order valence-electron chi connectivity index (χ4n) is 7.50. The molecule has 0 N–H and O–H groups in total. The van der Waals surface area contributed by atoms with Crippen LogP contribution in [0.2, 0.25) is 0 Å². The zero-order valence-corrected chi connectivity index (χ0v) is 41.1. The Kier molecular flexibility index (Phi) is 48.8. The molecule has 360 valence electrons. The minimum absolute atomic E-state index is 0.0804. The van der Waals surface area contributed by atoms with Crippen LogP contribution in [-0.4, -0.2) is 37.2 Å². The van der Waals surface area contributed by atoms with Crippen LogP contribution in [0.5, 0.6) is 0 Å². The predicted octanol–water partition coefficient (Wildman–Crippen LogP) is 17.5. The van der Waals surface area contributed by atoms with E-state index in [-0.39, 0.29) is 31.1 Å². The van der Waals surface area contributed by atoms with Crippen LogP contribution in [0.15, 0.2) is 48.6 Å². The summed E-state index contributed by atoms with van der Waals surface area (Å²) in [5.74, 6) is -0.898. The maximum atomic E-state index is 12.8. The Morgan fingerprint density at radius 2 is 0.581 bits per heavy atom. The highest BCUT2D eigenvalue weighted by atomic mass is 16.6. The standard InChI is InChI=1S/C56H100O6/c1-4-7-10-13-16-19-22-25-27-28-30-32-35-37-40-43-46-49-55(58)61-52-53(62-56(59)50-47-44-41-38-33-24-21-18-15-12-9-6-3)51-60-54(57)48-45-42-39-36-34-31-29-26-23-20-17-14-11-8-5-2/h16,19-20,23,25,27,30,32,53H,4-15,17-18,21-22,24,26,28-29,31,33-52H2,1-3H3/b19-16-,23-20-,27-25-,32-30-/t53-/m0/s1. The normalized spacial score (nSPS) is 12.4. The number of ether oxygens (including phenoxy) is 3. The number of allylic oxidation sites excluding steroid dienone is 8. The van der Waals surface area contributed by atoms with E-state index in [1.807, 2.05) is 0 Å². The lowest BCUT2D eigenvalue weighted by Crippen LogP contribution is -2.30. The number of hydrogen-bond donors (Lipinski definition) is 0. The topological polar surface area (TPSA) is 78.9 Å². The molecule has 0 aliphatic rings. The molecule has 0 amide bonds. The van der Waals surface area contributed by atoms with Crippen molar-refractivity contribution in [2.24, 2.45) is 0 Å². The van der Waals surface area contributed by atoms with E-state index in [0.717, 1.165) is 83.5 Å². The molecule has 0 fully saturated rings. The molecular formula is C56H100O6. The van der Waals surface area contributed by atoms with Crippen molar-refractivity contribution in [1.82, 2.24) is 0 Å². The van der Waals surface area contributed by atoms with Crippen LogP contribution < -0.4 is 0 Å². The minimum Gasteiger partial charge on any atom is -0.462 e. The van der Waals surface area contributed by atoms with Gasteiger partial charge in [0.1, 0.15) is 13.2 Å². The Labute approximate surface area is 384 Å².